The van der Waals surface area contributed by atoms with Crippen molar-refractivity contribution in [3.63, 3.8) is 0 Å². The van der Waals surface area contributed by atoms with Crippen LogP contribution in [0.25, 0.3) is 0 Å². The van der Waals surface area contributed by atoms with Crippen molar-refractivity contribution < 1.29 is 17.9 Å². The maximum atomic E-state index is 12.4. The maximum Gasteiger partial charge on any atom is 0.573 e. The standard InChI is InChI=1S/C16H22F3NO/c1-12(2)15(9-4-3-5-10-20-15)13-7-6-8-14(11-13)21-16(17,18)19/h6-8,11-12,20H,3-5,9-10H2,1-2H3. The molecule has 1 heterocycles. The first-order valence-corrected chi connectivity index (χ1v) is 7.45. The van der Waals surface area contributed by atoms with Gasteiger partial charge in [-0.1, -0.05) is 38.8 Å². The molecule has 2 nitrogen and oxygen atoms in total. The van der Waals surface area contributed by atoms with E-state index in [0.29, 0.717) is 0 Å². The largest absolute Gasteiger partial charge is 0.573 e. The molecule has 1 fully saturated rings. The summed E-state index contributed by atoms with van der Waals surface area (Å²) < 4.78 is 41.3. The van der Waals surface area contributed by atoms with Crippen molar-refractivity contribution >= 4 is 0 Å². The minimum Gasteiger partial charge on any atom is -0.406 e. The van der Waals surface area contributed by atoms with Crippen LogP contribution in [0.1, 0.15) is 45.1 Å². The fourth-order valence-electron chi connectivity index (χ4n) is 3.15. The molecule has 5 heteroatoms. The Bertz CT molecular complexity index is 463. The van der Waals surface area contributed by atoms with E-state index in [2.05, 4.69) is 23.9 Å². The molecule has 0 aliphatic carbocycles. The van der Waals surface area contributed by atoms with E-state index in [9.17, 15) is 13.2 Å². The van der Waals surface area contributed by atoms with Gasteiger partial charge in [-0.3, -0.25) is 0 Å². The lowest BCUT2D eigenvalue weighted by molar-refractivity contribution is -0.274. The van der Waals surface area contributed by atoms with E-state index in [1.807, 2.05) is 6.07 Å². The maximum absolute atomic E-state index is 12.4. The Kier molecular flexibility index (Phi) is 4.81. The lowest BCUT2D eigenvalue weighted by atomic mass is 9.76. The van der Waals surface area contributed by atoms with Gasteiger partial charge >= 0.3 is 6.36 Å². The third-order valence-corrected chi connectivity index (χ3v) is 4.26. The molecule has 0 bridgehead atoms. The Labute approximate surface area is 123 Å². The minimum atomic E-state index is -4.65. The molecule has 21 heavy (non-hydrogen) atoms. The van der Waals surface area contributed by atoms with E-state index in [-0.39, 0.29) is 17.2 Å². The molecule has 1 atom stereocenters. The van der Waals surface area contributed by atoms with Gasteiger partial charge < -0.3 is 10.1 Å². The van der Waals surface area contributed by atoms with Gasteiger partial charge in [0.1, 0.15) is 5.75 Å². The molecule has 1 aliphatic rings. The van der Waals surface area contributed by atoms with Crippen LogP contribution in [0, 0.1) is 5.92 Å². The summed E-state index contributed by atoms with van der Waals surface area (Å²) in [5.41, 5.74) is 0.600. The van der Waals surface area contributed by atoms with Crippen LogP contribution in [-0.4, -0.2) is 12.9 Å². The summed E-state index contributed by atoms with van der Waals surface area (Å²) in [6, 6.07) is 6.39. The second-order valence-electron chi connectivity index (χ2n) is 5.94. The van der Waals surface area contributed by atoms with Crippen LogP contribution < -0.4 is 10.1 Å². The fourth-order valence-corrected chi connectivity index (χ4v) is 3.15. The quantitative estimate of drug-likeness (QED) is 0.881. The molecule has 1 N–H and O–H groups in total. The van der Waals surface area contributed by atoms with Gasteiger partial charge in [0.25, 0.3) is 0 Å². The van der Waals surface area contributed by atoms with Crippen molar-refractivity contribution in [1.29, 1.82) is 0 Å². The SMILES string of the molecule is CC(C)C1(c2cccc(OC(F)(F)F)c2)CCCCCN1. The van der Waals surface area contributed by atoms with Crippen molar-refractivity contribution in [3.8, 4) is 5.75 Å². The molecule has 1 aromatic rings. The van der Waals surface area contributed by atoms with E-state index in [4.69, 9.17) is 0 Å². The highest BCUT2D eigenvalue weighted by atomic mass is 19.4. The zero-order valence-corrected chi connectivity index (χ0v) is 12.5. The van der Waals surface area contributed by atoms with Crippen molar-refractivity contribution in [2.45, 2.75) is 51.4 Å². The van der Waals surface area contributed by atoms with Gasteiger partial charge in [-0.15, -0.1) is 13.2 Å². The molecule has 0 spiro atoms. The topological polar surface area (TPSA) is 21.3 Å². The lowest BCUT2D eigenvalue weighted by Crippen LogP contribution is -2.46. The smallest absolute Gasteiger partial charge is 0.406 e. The zero-order chi connectivity index (χ0) is 15.5. The predicted octanol–water partition coefficient (Wildman–Crippen LogP) is 4.60. The molecule has 1 saturated heterocycles. The Morgan fingerprint density at radius 1 is 1.19 bits per heavy atom. The third kappa shape index (κ3) is 3.90. The summed E-state index contributed by atoms with van der Waals surface area (Å²) in [7, 11) is 0. The number of hydrogen-bond donors (Lipinski definition) is 1. The van der Waals surface area contributed by atoms with Gasteiger partial charge in [0.2, 0.25) is 0 Å². The lowest BCUT2D eigenvalue weighted by Gasteiger charge is -2.38. The monoisotopic (exact) mass is 301 g/mol. The summed E-state index contributed by atoms with van der Waals surface area (Å²) in [5, 5.41) is 3.56. The third-order valence-electron chi connectivity index (χ3n) is 4.26. The molecule has 1 aromatic carbocycles. The number of alkyl halides is 3. The van der Waals surface area contributed by atoms with Crippen LogP contribution in [-0.2, 0) is 5.54 Å². The van der Waals surface area contributed by atoms with Gasteiger partial charge in [-0.25, -0.2) is 0 Å². The highest BCUT2D eigenvalue weighted by Gasteiger charge is 2.37. The van der Waals surface area contributed by atoms with E-state index in [1.54, 1.807) is 6.07 Å². The average Bonchev–Trinajstić information content (AvgIpc) is 2.63. The van der Waals surface area contributed by atoms with Crippen LogP contribution in [0.15, 0.2) is 24.3 Å². The summed E-state index contributed by atoms with van der Waals surface area (Å²) in [6.45, 7) is 5.10. The first kappa shape index (κ1) is 16.1. The molecule has 0 radical (unpaired) electrons. The van der Waals surface area contributed by atoms with E-state index >= 15 is 0 Å². The van der Waals surface area contributed by atoms with Crippen LogP contribution in [0.2, 0.25) is 0 Å². The van der Waals surface area contributed by atoms with Gasteiger partial charge in [-0.2, -0.15) is 0 Å². The second-order valence-corrected chi connectivity index (χ2v) is 5.94. The van der Waals surface area contributed by atoms with Gasteiger partial charge in [-0.05, 0) is 43.0 Å². The predicted molar refractivity (Wildman–Crippen MR) is 76.1 cm³/mol. The van der Waals surface area contributed by atoms with Crippen LogP contribution >= 0.6 is 0 Å². The van der Waals surface area contributed by atoms with E-state index < -0.39 is 6.36 Å². The number of halogens is 3. The van der Waals surface area contributed by atoms with Gasteiger partial charge in [0.15, 0.2) is 0 Å². The average molecular weight is 301 g/mol. The summed E-state index contributed by atoms with van der Waals surface area (Å²) in [6.07, 6.45) is -0.385. The van der Waals surface area contributed by atoms with Crippen LogP contribution in [0.3, 0.4) is 0 Å². The van der Waals surface area contributed by atoms with Gasteiger partial charge in [0, 0.05) is 5.54 Å². The molecule has 2 rings (SSSR count). The highest BCUT2D eigenvalue weighted by molar-refractivity contribution is 5.34. The van der Waals surface area contributed by atoms with Crippen molar-refractivity contribution in [2.24, 2.45) is 5.92 Å². The summed E-state index contributed by atoms with van der Waals surface area (Å²) in [4.78, 5) is 0. The molecule has 0 saturated carbocycles. The zero-order valence-electron chi connectivity index (χ0n) is 12.5. The first-order valence-electron chi connectivity index (χ1n) is 7.45. The highest BCUT2D eigenvalue weighted by Crippen LogP contribution is 2.38. The first-order chi connectivity index (χ1) is 9.83. The molecule has 0 aromatic heterocycles. The minimum absolute atomic E-state index is 0.147. The van der Waals surface area contributed by atoms with Crippen LogP contribution in [0.4, 0.5) is 13.2 Å². The molecular formula is C16H22F3NO. The number of benzene rings is 1. The van der Waals surface area contributed by atoms with Crippen LogP contribution in [0.5, 0.6) is 5.75 Å². The number of hydrogen-bond acceptors (Lipinski definition) is 2. The van der Waals surface area contributed by atoms with Crippen molar-refractivity contribution in [1.82, 2.24) is 5.32 Å². The molecule has 118 valence electrons. The molecular weight excluding hydrogens is 279 g/mol. The number of ether oxygens (including phenoxy) is 1. The number of nitrogens with one attached hydrogen (secondary N) is 1. The molecule has 0 amide bonds. The molecule has 1 unspecified atom stereocenters. The molecule has 1 aliphatic heterocycles. The number of rotatable bonds is 3. The van der Waals surface area contributed by atoms with Crippen molar-refractivity contribution in [2.75, 3.05) is 6.54 Å². The Balaban J connectivity index is 2.34. The normalized spacial score (nSPS) is 23.9. The van der Waals surface area contributed by atoms with Gasteiger partial charge in [0.05, 0.1) is 0 Å². The van der Waals surface area contributed by atoms with E-state index in [0.717, 1.165) is 37.8 Å². The van der Waals surface area contributed by atoms with E-state index in [1.165, 1.54) is 12.1 Å². The Morgan fingerprint density at radius 3 is 2.62 bits per heavy atom. The fraction of sp³-hybridized carbons (Fsp3) is 0.625. The summed E-state index contributed by atoms with van der Waals surface area (Å²) >= 11 is 0. The van der Waals surface area contributed by atoms with Crippen molar-refractivity contribution in [3.05, 3.63) is 29.8 Å². The Hall–Kier alpha value is -1.23. The Morgan fingerprint density at radius 2 is 1.95 bits per heavy atom. The second kappa shape index (κ2) is 6.26. The summed E-state index contributed by atoms with van der Waals surface area (Å²) in [5.74, 6) is 0.141.